The Morgan fingerprint density at radius 2 is 2.14 bits per heavy atom. The topological polar surface area (TPSA) is 43.8 Å². The molecule has 1 aromatic carbocycles. The molecular weight excluding hydrogens is 174 g/mol. The molecule has 0 spiro atoms. The van der Waals surface area contributed by atoms with Crippen LogP contribution in [-0.2, 0) is 13.0 Å². The lowest BCUT2D eigenvalue weighted by molar-refractivity contribution is 0.670. The molecule has 2 N–H and O–H groups in total. The largest absolute Gasteiger partial charge is 0.399 e. The van der Waals surface area contributed by atoms with E-state index in [1.807, 2.05) is 22.9 Å². The summed E-state index contributed by atoms with van der Waals surface area (Å²) in [5.74, 6) is 0. The molecule has 0 atom stereocenters. The standard InChI is InChI=1S/C11H15N3/c1-3-10-9-7-8(12)5-6-11(9)14(4-2)13-10/h5-7H,3-4,12H2,1-2H3. The number of aromatic nitrogens is 2. The molecule has 0 radical (unpaired) electrons. The molecule has 2 aromatic rings. The maximum Gasteiger partial charge on any atom is 0.0701 e. The van der Waals surface area contributed by atoms with E-state index in [4.69, 9.17) is 5.73 Å². The quantitative estimate of drug-likeness (QED) is 0.736. The van der Waals surface area contributed by atoms with E-state index in [1.165, 1.54) is 10.9 Å². The van der Waals surface area contributed by atoms with E-state index >= 15 is 0 Å². The summed E-state index contributed by atoms with van der Waals surface area (Å²) in [6.45, 7) is 5.12. The minimum absolute atomic E-state index is 0.808. The molecule has 0 amide bonds. The van der Waals surface area contributed by atoms with E-state index in [2.05, 4.69) is 18.9 Å². The van der Waals surface area contributed by atoms with Crippen LogP contribution in [-0.4, -0.2) is 9.78 Å². The van der Waals surface area contributed by atoms with E-state index in [0.29, 0.717) is 0 Å². The van der Waals surface area contributed by atoms with Gasteiger partial charge in [-0.15, -0.1) is 0 Å². The highest BCUT2D eigenvalue weighted by atomic mass is 15.3. The van der Waals surface area contributed by atoms with Crippen LogP contribution in [0.2, 0.25) is 0 Å². The molecule has 0 aliphatic rings. The Morgan fingerprint density at radius 3 is 2.79 bits per heavy atom. The van der Waals surface area contributed by atoms with E-state index in [0.717, 1.165) is 24.3 Å². The molecule has 0 bridgehead atoms. The monoisotopic (exact) mass is 189 g/mol. The Labute approximate surface area is 83.5 Å². The van der Waals surface area contributed by atoms with Gasteiger partial charge < -0.3 is 5.73 Å². The highest BCUT2D eigenvalue weighted by Gasteiger charge is 2.07. The molecule has 2 rings (SSSR count). The maximum absolute atomic E-state index is 5.76. The van der Waals surface area contributed by atoms with Crippen molar-refractivity contribution in [3.8, 4) is 0 Å². The number of hydrogen-bond acceptors (Lipinski definition) is 2. The number of nitrogens with two attached hydrogens (primary N) is 1. The van der Waals surface area contributed by atoms with Crippen LogP contribution >= 0.6 is 0 Å². The van der Waals surface area contributed by atoms with Crippen molar-refractivity contribution in [2.45, 2.75) is 26.8 Å². The fourth-order valence-corrected chi connectivity index (χ4v) is 1.77. The summed E-state index contributed by atoms with van der Waals surface area (Å²) in [5, 5.41) is 5.72. The number of benzene rings is 1. The van der Waals surface area contributed by atoms with Crippen molar-refractivity contribution in [2.24, 2.45) is 0 Å². The van der Waals surface area contributed by atoms with Crippen LogP contribution in [0.25, 0.3) is 10.9 Å². The molecular formula is C11H15N3. The smallest absolute Gasteiger partial charge is 0.0701 e. The van der Waals surface area contributed by atoms with Gasteiger partial charge in [0.05, 0.1) is 11.2 Å². The average Bonchev–Trinajstić information content (AvgIpc) is 2.55. The number of anilines is 1. The number of aryl methyl sites for hydroxylation is 2. The Bertz CT molecular complexity index is 457. The Hall–Kier alpha value is -1.51. The van der Waals surface area contributed by atoms with Crippen molar-refractivity contribution in [1.82, 2.24) is 9.78 Å². The maximum atomic E-state index is 5.76. The molecule has 1 heterocycles. The van der Waals surface area contributed by atoms with Gasteiger partial charge >= 0.3 is 0 Å². The minimum Gasteiger partial charge on any atom is -0.399 e. The van der Waals surface area contributed by atoms with Gasteiger partial charge in [-0.2, -0.15) is 5.10 Å². The molecule has 14 heavy (non-hydrogen) atoms. The lowest BCUT2D eigenvalue weighted by atomic mass is 10.1. The van der Waals surface area contributed by atoms with Gasteiger partial charge in [0, 0.05) is 17.6 Å². The highest BCUT2D eigenvalue weighted by molar-refractivity contribution is 5.85. The second-order valence-electron chi connectivity index (χ2n) is 3.39. The van der Waals surface area contributed by atoms with Crippen LogP contribution in [0.15, 0.2) is 18.2 Å². The van der Waals surface area contributed by atoms with Crippen LogP contribution < -0.4 is 5.73 Å². The third kappa shape index (κ3) is 1.25. The van der Waals surface area contributed by atoms with Crippen LogP contribution in [0, 0.1) is 0 Å². The van der Waals surface area contributed by atoms with Crippen molar-refractivity contribution >= 4 is 16.6 Å². The van der Waals surface area contributed by atoms with Gasteiger partial charge in [0.25, 0.3) is 0 Å². The SMILES string of the molecule is CCc1nn(CC)c2ccc(N)cc12. The van der Waals surface area contributed by atoms with Gasteiger partial charge in [-0.1, -0.05) is 6.92 Å². The minimum atomic E-state index is 0.808. The zero-order chi connectivity index (χ0) is 10.1. The van der Waals surface area contributed by atoms with Crippen LogP contribution in [0.1, 0.15) is 19.5 Å². The van der Waals surface area contributed by atoms with Gasteiger partial charge in [-0.3, -0.25) is 4.68 Å². The molecule has 0 aliphatic carbocycles. The van der Waals surface area contributed by atoms with E-state index in [-0.39, 0.29) is 0 Å². The number of rotatable bonds is 2. The summed E-state index contributed by atoms with van der Waals surface area (Å²) in [6, 6.07) is 5.98. The average molecular weight is 189 g/mol. The second-order valence-corrected chi connectivity index (χ2v) is 3.39. The number of nitrogens with zero attached hydrogens (tertiary/aromatic N) is 2. The molecule has 0 aliphatic heterocycles. The molecule has 0 unspecified atom stereocenters. The lowest BCUT2D eigenvalue weighted by Gasteiger charge is -1.97. The number of fused-ring (bicyclic) bond motifs is 1. The summed E-state index contributed by atoms with van der Waals surface area (Å²) >= 11 is 0. The van der Waals surface area contributed by atoms with E-state index in [9.17, 15) is 0 Å². The van der Waals surface area contributed by atoms with Crippen molar-refractivity contribution < 1.29 is 0 Å². The summed E-state index contributed by atoms with van der Waals surface area (Å²) in [5.41, 5.74) is 8.88. The van der Waals surface area contributed by atoms with Crippen molar-refractivity contribution in [1.29, 1.82) is 0 Å². The first-order valence-corrected chi connectivity index (χ1v) is 5.01. The fourth-order valence-electron chi connectivity index (χ4n) is 1.77. The first-order chi connectivity index (χ1) is 6.76. The first-order valence-electron chi connectivity index (χ1n) is 5.01. The van der Waals surface area contributed by atoms with Crippen LogP contribution in [0.3, 0.4) is 0 Å². The third-order valence-electron chi connectivity index (χ3n) is 2.49. The van der Waals surface area contributed by atoms with E-state index < -0.39 is 0 Å². The number of nitrogen functional groups attached to an aromatic ring is 1. The summed E-state index contributed by atoms with van der Waals surface area (Å²) in [6.07, 6.45) is 0.951. The third-order valence-corrected chi connectivity index (χ3v) is 2.49. The molecule has 1 aromatic heterocycles. The number of hydrogen-bond donors (Lipinski definition) is 1. The molecule has 3 nitrogen and oxygen atoms in total. The van der Waals surface area contributed by atoms with Crippen LogP contribution in [0.4, 0.5) is 5.69 Å². The van der Waals surface area contributed by atoms with Gasteiger partial charge in [0.2, 0.25) is 0 Å². The predicted octanol–water partition coefficient (Wildman–Crippen LogP) is 2.20. The molecule has 0 saturated heterocycles. The lowest BCUT2D eigenvalue weighted by Crippen LogP contribution is -1.96. The summed E-state index contributed by atoms with van der Waals surface area (Å²) in [4.78, 5) is 0. The summed E-state index contributed by atoms with van der Waals surface area (Å²) in [7, 11) is 0. The first kappa shape index (κ1) is 9.06. The predicted molar refractivity (Wildman–Crippen MR) is 59.2 cm³/mol. The van der Waals surface area contributed by atoms with Gasteiger partial charge in [0.1, 0.15) is 0 Å². The normalized spacial score (nSPS) is 11.0. The van der Waals surface area contributed by atoms with Crippen LogP contribution in [0.5, 0.6) is 0 Å². The zero-order valence-corrected chi connectivity index (χ0v) is 8.62. The molecule has 0 fully saturated rings. The Balaban J connectivity index is 2.75. The molecule has 3 heteroatoms. The van der Waals surface area contributed by atoms with Crippen molar-refractivity contribution in [3.05, 3.63) is 23.9 Å². The van der Waals surface area contributed by atoms with E-state index in [1.54, 1.807) is 0 Å². The molecule has 74 valence electrons. The second kappa shape index (κ2) is 3.33. The van der Waals surface area contributed by atoms with Crippen molar-refractivity contribution in [3.63, 3.8) is 0 Å². The van der Waals surface area contributed by atoms with Gasteiger partial charge in [-0.05, 0) is 31.5 Å². The zero-order valence-electron chi connectivity index (χ0n) is 8.62. The highest BCUT2D eigenvalue weighted by Crippen LogP contribution is 2.21. The van der Waals surface area contributed by atoms with Gasteiger partial charge in [0.15, 0.2) is 0 Å². The fraction of sp³-hybridized carbons (Fsp3) is 0.364. The van der Waals surface area contributed by atoms with Gasteiger partial charge in [-0.25, -0.2) is 0 Å². The van der Waals surface area contributed by atoms with Crippen molar-refractivity contribution in [2.75, 3.05) is 5.73 Å². The molecule has 0 saturated carbocycles. The Kier molecular flexibility index (Phi) is 2.15. The Morgan fingerprint density at radius 1 is 1.36 bits per heavy atom. The summed E-state index contributed by atoms with van der Waals surface area (Å²) < 4.78 is 2.02.